The fourth-order valence-electron chi connectivity index (χ4n) is 3.88. The predicted octanol–water partition coefficient (Wildman–Crippen LogP) is 2.15. The molecule has 1 aliphatic rings. The first-order chi connectivity index (χ1) is 14.1. The minimum Gasteiger partial charge on any atom is -0.369 e. The van der Waals surface area contributed by atoms with Gasteiger partial charge in [-0.2, -0.15) is 0 Å². The molecule has 1 atom stereocenters. The number of tetrazole rings is 1. The Morgan fingerprint density at radius 2 is 1.79 bits per heavy atom. The fourth-order valence-corrected chi connectivity index (χ4v) is 3.88. The van der Waals surface area contributed by atoms with Gasteiger partial charge >= 0.3 is 0 Å². The van der Waals surface area contributed by atoms with Crippen molar-refractivity contribution in [1.82, 2.24) is 25.1 Å². The van der Waals surface area contributed by atoms with Gasteiger partial charge in [-0.15, -0.1) is 5.10 Å². The molecule has 2 heterocycles. The van der Waals surface area contributed by atoms with E-state index in [4.69, 9.17) is 5.73 Å². The molecular formula is C21H23FN6O. The van der Waals surface area contributed by atoms with Crippen molar-refractivity contribution in [3.05, 3.63) is 77.4 Å². The molecule has 1 amide bonds. The number of nitrogens with zero attached hydrogens (tertiary/aromatic N) is 5. The van der Waals surface area contributed by atoms with Gasteiger partial charge in [0.05, 0.1) is 12.6 Å². The second-order valence-electron chi connectivity index (χ2n) is 7.35. The van der Waals surface area contributed by atoms with Crippen molar-refractivity contribution < 1.29 is 9.18 Å². The third-order valence-corrected chi connectivity index (χ3v) is 5.46. The van der Waals surface area contributed by atoms with Gasteiger partial charge < -0.3 is 5.73 Å². The molecule has 1 saturated heterocycles. The normalized spacial score (nSPS) is 16.6. The highest BCUT2D eigenvalue weighted by atomic mass is 19.1. The summed E-state index contributed by atoms with van der Waals surface area (Å²) in [5, 5.41) is 12.4. The lowest BCUT2D eigenvalue weighted by Crippen LogP contribution is -2.41. The number of aromatic nitrogens is 4. The van der Waals surface area contributed by atoms with Gasteiger partial charge in [0.25, 0.3) is 0 Å². The Bertz CT molecular complexity index is 951. The molecule has 2 N–H and O–H groups in total. The Labute approximate surface area is 168 Å². The zero-order valence-corrected chi connectivity index (χ0v) is 16.0. The number of hydrogen-bond acceptors (Lipinski definition) is 5. The first-order valence-electron chi connectivity index (χ1n) is 9.70. The molecule has 29 heavy (non-hydrogen) atoms. The third-order valence-electron chi connectivity index (χ3n) is 5.46. The molecule has 0 unspecified atom stereocenters. The maximum atomic E-state index is 13.2. The fraction of sp³-hybridized carbons (Fsp3) is 0.333. The summed E-state index contributed by atoms with van der Waals surface area (Å²) in [6.45, 7) is 1.91. The van der Waals surface area contributed by atoms with Crippen molar-refractivity contribution in [2.45, 2.75) is 25.4 Å². The van der Waals surface area contributed by atoms with Gasteiger partial charge in [-0.3, -0.25) is 9.69 Å². The van der Waals surface area contributed by atoms with Crippen LogP contribution in [0.15, 0.2) is 54.6 Å². The molecule has 0 bridgehead atoms. The van der Waals surface area contributed by atoms with E-state index in [2.05, 4.69) is 32.6 Å². The Morgan fingerprint density at radius 1 is 1.10 bits per heavy atom. The minimum atomic E-state index is -0.273. The second-order valence-corrected chi connectivity index (χ2v) is 7.35. The molecule has 1 aliphatic heterocycles. The average molecular weight is 394 g/mol. The zero-order chi connectivity index (χ0) is 20.2. The van der Waals surface area contributed by atoms with Gasteiger partial charge in [-0.25, -0.2) is 9.07 Å². The number of benzene rings is 2. The van der Waals surface area contributed by atoms with E-state index in [0.29, 0.717) is 6.54 Å². The first kappa shape index (κ1) is 19.2. The number of primary amides is 1. The monoisotopic (exact) mass is 394 g/mol. The molecule has 7 nitrogen and oxygen atoms in total. The van der Waals surface area contributed by atoms with E-state index in [1.807, 2.05) is 18.2 Å². The zero-order valence-electron chi connectivity index (χ0n) is 16.0. The van der Waals surface area contributed by atoms with Crippen LogP contribution < -0.4 is 5.73 Å². The number of carbonyl (C=O) groups is 1. The average Bonchev–Trinajstić information content (AvgIpc) is 3.19. The number of amides is 1. The van der Waals surface area contributed by atoms with Crippen molar-refractivity contribution in [1.29, 1.82) is 0 Å². The number of hydrogen-bond donors (Lipinski definition) is 1. The summed E-state index contributed by atoms with van der Waals surface area (Å²) < 4.78 is 15.0. The van der Waals surface area contributed by atoms with Crippen LogP contribution in [0.4, 0.5) is 4.39 Å². The van der Waals surface area contributed by atoms with Crippen LogP contribution in [0.1, 0.15) is 35.8 Å². The van der Waals surface area contributed by atoms with E-state index in [-0.39, 0.29) is 23.7 Å². The van der Waals surface area contributed by atoms with Gasteiger partial charge in [0, 0.05) is 5.92 Å². The maximum absolute atomic E-state index is 13.2. The van der Waals surface area contributed by atoms with Crippen LogP contribution in [-0.2, 0) is 11.3 Å². The van der Waals surface area contributed by atoms with E-state index < -0.39 is 0 Å². The topological polar surface area (TPSA) is 89.9 Å². The maximum Gasteiger partial charge on any atom is 0.220 e. The summed E-state index contributed by atoms with van der Waals surface area (Å²) in [6.07, 6.45) is 1.44. The molecule has 1 fully saturated rings. The summed E-state index contributed by atoms with van der Waals surface area (Å²) in [5.74, 6) is 0.128. The number of nitrogens with two attached hydrogens (primary N) is 1. The van der Waals surface area contributed by atoms with Crippen LogP contribution in [0.25, 0.3) is 0 Å². The van der Waals surface area contributed by atoms with Gasteiger partial charge in [-0.05, 0) is 59.6 Å². The van der Waals surface area contributed by atoms with Crippen molar-refractivity contribution in [3.63, 3.8) is 0 Å². The lowest BCUT2D eigenvalue weighted by molar-refractivity contribution is -0.123. The van der Waals surface area contributed by atoms with Crippen LogP contribution in [0.5, 0.6) is 0 Å². The van der Waals surface area contributed by atoms with Crippen LogP contribution in [0.3, 0.4) is 0 Å². The summed E-state index contributed by atoms with van der Waals surface area (Å²) in [6, 6.07) is 16.3. The number of carbonyl (C=O) groups excluding carboxylic acids is 1. The highest BCUT2D eigenvalue weighted by molar-refractivity contribution is 5.76. The molecule has 0 radical (unpaired) electrons. The third kappa shape index (κ3) is 4.32. The lowest BCUT2D eigenvalue weighted by Gasteiger charge is -2.36. The molecule has 1 aromatic heterocycles. The summed E-state index contributed by atoms with van der Waals surface area (Å²) >= 11 is 0. The molecule has 0 saturated carbocycles. The summed E-state index contributed by atoms with van der Waals surface area (Å²) in [4.78, 5) is 13.8. The van der Waals surface area contributed by atoms with Crippen molar-refractivity contribution in [3.8, 4) is 0 Å². The van der Waals surface area contributed by atoms with Crippen molar-refractivity contribution >= 4 is 5.91 Å². The predicted molar refractivity (Wildman–Crippen MR) is 105 cm³/mol. The minimum absolute atomic E-state index is 0.0853. The quantitative estimate of drug-likeness (QED) is 0.692. The van der Waals surface area contributed by atoms with Gasteiger partial charge in [0.1, 0.15) is 5.82 Å². The van der Waals surface area contributed by atoms with Gasteiger partial charge in [0.15, 0.2) is 5.82 Å². The molecule has 150 valence electrons. The standard InChI is InChI=1S/C21H23FN6O/c22-18-8-6-15(7-9-18)14-28-21(24-25-26-28)19(16-4-2-1-3-5-16)27-12-10-17(11-13-27)20(23)29/h1-9,17,19H,10-14H2,(H2,23,29)/t19-/m0/s1. The molecule has 2 aromatic carbocycles. The van der Waals surface area contributed by atoms with Crippen molar-refractivity contribution in [2.24, 2.45) is 11.7 Å². The Morgan fingerprint density at radius 3 is 2.45 bits per heavy atom. The smallest absolute Gasteiger partial charge is 0.220 e. The van der Waals surface area contributed by atoms with Crippen LogP contribution >= 0.6 is 0 Å². The second kappa shape index (κ2) is 8.48. The lowest BCUT2D eigenvalue weighted by atomic mass is 9.93. The van der Waals surface area contributed by atoms with E-state index >= 15 is 0 Å². The molecule has 0 aliphatic carbocycles. The number of halogens is 1. The molecule has 0 spiro atoms. The Hall–Kier alpha value is -3.13. The number of rotatable bonds is 6. The summed E-state index contributed by atoms with van der Waals surface area (Å²) in [7, 11) is 0. The van der Waals surface area contributed by atoms with E-state index in [0.717, 1.165) is 42.9 Å². The van der Waals surface area contributed by atoms with Crippen molar-refractivity contribution in [2.75, 3.05) is 13.1 Å². The van der Waals surface area contributed by atoms with Gasteiger partial charge in [-0.1, -0.05) is 42.5 Å². The summed E-state index contributed by atoms with van der Waals surface area (Å²) in [5.41, 5.74) is 7.49. The van der Waals surface area contributed by atoms with E-state index in [1.54, 1.807) is 16.8 Å². The largest absolute Gasteiger partial charge is 0.369 e. The van der Waals surface area contributed by atoms with Crippen LogP contribution in [0, 0.1) is 11.7 Å². The molecule has 3 aromatic rings. The molecule has 4 rings (SSSR count). The van der Waals surface area contributed by atoms with Crippen LogP contribution in [-0.4, -0.2) is 44.1 Å². The Balaban J connectivity index is 1.63. The molecular weight excluding hydrogens is 371 g/mol. The van der Waals surface area contributed by atoms with E-state index in [9.17, 15) is 9.18 Å². The van der Waals surface area contributed by atoms with Crippen LogP contribution in [0.2, 0.25) is 0 Å². The highest BCUT2D eigenvalue weighted by Gasteiger charge is 2.32. The first-order valence-corrected chi connectivity index (χ1v) is 9.70. The Kier molecular flexibility index (Phi) is 5.62. The molecule has 8 heteroatoms. The highest BCUT2D eigenvalue weighted by Crippen LogP contribution is 2.31. The van der Waals surface area contributed by atoms with E-state index in [1.165, 1.54) is 12.1 Å². The number of likely N-dealkylation sites (tertiary alicyclic amines) is 1. The SMILES string of the molecule is NC(=O)C1CCN([C@@H](c2ccccc2)c2nnnn2Cc2ccc(F)cc2)CC1. The number of piperidine rings is 1. The van der Waals surface area contributed by atoms with Gasteiger partial charge in [0.2, 0.25) is 5.91 Å².